The number of carbonyl (C=O) groups excluding carboxylic acids is 1. The Morgan fingerprint density at radius 3 is 2.50 bits per heavy atom. The summed E-state index contributed by atoms with van der Waals surface area (Å²) < 4.78 is 45.4. The van der Waals surface area contributed by atoms with E-state index in [0.717, 1.165) is 6.07 Å². The average molecular weight is 381 g/mol. The third-order valence-corrected chi connectivity index (χ3v) is 6.39. The number of hydrogen-bond donors (Lipinski definition) is 0. The summed E-state index contributed by atoms with van der Waals surface area (Å²) in [6, 6.07) is 5.29. The molecule has 9 heteroatoms. The highest BCUT2D eigenvalue weighted by atomic mass is 32.2. The minimum absolute atomic E-state index is 0.105. The van der Waals surface area contributed by atoms with Crippen molar-refractivity contribution in [3.05, 3.63) is 47.1 Å². The van der Waals surface area contributed by atoms with Gasteiger partial charge in [0.15, 0.2) is 0 Å². The molecular formula is C17H20FN3O4S. The van der Waals surface area contributed by atoms with Gasteiger partial charge in [0.2, 0.25) is 10.0 Å². The first-order valence-electron chi connectivity index (χ1n) is 8.35. The predicted molar refractivity (Wildman–Crippen MR) is 91.7 cm³/mol. The van der Waals surface area contributed by atoms with Gasteiger partial charge in [-0.2, -0.15) is 4.31 Å². The summed E-state index contributed by atoms with van der Waals surface area (Å²) in [5, 5.41) is 3.88. The highest BCUT2D eigenvalue weighted by Crippen LogP contribution is 2.22. The average Bonchev–Trinajstić information content (AvgIpc) is 3.02. The predicted octanol–water partition coefficient (Wildman–Crippen LogP) is 1.83. The summed E-state index contributed by atoms with van der Waals surface area (Å²) in [5.74, 6) is -0.546. The SMILES string of the molecule is CCc1noc(C)c1C(=O)N1CCN(S(=O)(=O)c2ccccc2F)CC1. The van der Waals surface area contributed by atoms with Gasteiger partial charge in [-0.25, -0.2) is 12.8 Å². The molecule has 1 fully saturated rings. The fraction of sp³-hybridized carbons (Fsp3) is 0.412. The standard InChI is InChI=1S/C17H20FN3O4S/c1-3-14-16(12(2)25-19-14)17(22)20-8-10-21(11-9-20)26(23,24)15-7-5-4-6-13(15)18/h4-7H,3,8-11H2,1-2H3. The van der Waals surface area contributed by atoms with E-state index in [2.05, 4.69) is 5.16 Å². The van der Waals surface area contributed by atoms with E-state index in [9.17, 15) is 17.6 Å². The highest BCUT2D eigenvalue weighted by Gasteiger charge is 2.33. The summed E-state index contributed by atoms with van der Waals surface area (Å²) in [6.45, 7) is 4.22. The molecule has 0 saturated carbocycles. The van der Waals surface area contributed by atoms with Gasteiger partial charge in [-0.1, -0.05) is 24.2 Å². The highest BCUT2D eigenvalue weighted by molar-refractivity contribution is 7.89. The van der Waals surface area contributed by atoms with Crippen molar-refractivity contribution in [1.82, 2.24) is 14.4 Å². The van der Waals surface area contributed by atoms with Gasteiger partial charge in [-0.3, -0.25) is 4.79 Å². The van der Waals surface area contributed by atoms with E-state index in [4.69, 9.17) is 4.52 Å². The number of hydrogen-bond acceptors (Lipinski definition) is 5. The maximum absolute atomic E-state index is 13.9. The zero-order valence-electron chi connectivity index (χ0n) is 14.6. The van der Waals surface area contributed by atoms with Crippen molar-refractivity contribution in [2.75, 3.05) is 26.2 Å². The number of piperazine rings is 1. The number of halogens is 1. The van der Waals surface area contributed by atoms with Crippen LogP contribution >= 0.6 is 0 Å². The van der Waals surface area contributed by atoms with Crippen LogP contribution in [0.5, 0.6) is 0 Å². The van der Waals surface area contributed by atoms with Crippen LogP contribution in [0.2, 0.25) is 0 Å². The molecule has 0 bridgehead atoms. The van der Waals surface area contributed by atoms with Gasteiger partial charge in [0, 0.05) is 26.2 Å². The zero-order valence-corrected chi connectivity index (χ0v) is 15.4. The van der Waals surface area contributed by atoms with Crippen LogP contribution in [-0.2, 0) is 16.4 Å². The molecule has 0 N–H and O–H groups in total. The summed E-state index contributed by atoms with van der Waals surface area (Å²) in [7, 11) is -3.93. The number of aromatic nitrogens is 1. The molecule has 2 heterocycles. The van der Waals surface area contributed by atoms with Gasteiger partial charge in [0.1, 0.15) is 22.0 Å². The van der Waals surface area contributed by atoms with E-state index in [-0.39, 0.29) is 37.0 Å². The van der Waals surface area contributed by atoms with E-state index in [1.165, 1.54) is 22.5 Å². The van der Waals surface area contributed by atoms with Crippen LogP contribution in [-0.4, -0.2) is 54.9 Å². The minimum Gasteiger partial charge on any atom is -0.361 e. The summed E-state index contributed by atoms with van der Waals surface area (Å²) in [5.41, 5.74) is 1.03. The smallest absolute Gasteiger partial charge is 0.259 e. The number of amides is 1. The number of sulfonamides is 1. The Balaban J connectivity index is 1.74. The number of carbonyl (C=O) groups is 1. The second-order valence-corrected chi connectivity index (χ2v) is 7.95. The summed E-state index contributed by atoms with van der Waals surface area (Å²) in [4.78, 5) is 14.0. The number of rotatable bonds is 4. The van der Waals surface area contributed by atoms with Gasteiger partial charge in [0.25, 0.3) is 5.91 Å². The Morgan fingerprint density at radius 1 is 1.23 bits per heavy atom. The van der Waals surface area contributed by atoms with Crippen LogP contribution in [0.25, 0.3) is 0 Å². The third-order valence-electron chi connectivity index (χ3n) is 4.46. The van der Waals surface area contributed by atoms with Crippen molar-refractivity contribution in [1.29, 1.82) is 0 Å². The molecule has 0 unspecified atom stereocenters. The van der Waals surface area contributed by atoms with E-state index >= 15 is 0 Å². The molecule has 2 aromatic rings. The van der Waals surface area contributed by atoms with Crippen molar-refractivity contribution in [2.24, 2.45) is 0 Å². The number of benzene rings is 1. The Bertz CT molecular complexity index is 918. The molecule has 0 atom stereocenters. The summed E-state index contributed by atoms with van der Waals surface area (Å²) in [6.07, 6.45) is 0.569. The fourth-order valence-corrected chi connectivity index (χ4v) is 4.50. The second kappa shape index (κ2) is 7.16. The molecule has 1 aromatic heterocycles. The third kappa shape index (κ3) is 3.24. The first-order chi connectivity index (χ1) is 12.4. The Kier molecular flexibility index (Phi) is 5.10. The molecule has 1 aliphatic rings. The molecule has 0 radical (unpaired) electrons. The monoisotopic (exact) mass is 381 g/mol. The van der Waals surface area contributed by atoms with E-state index < -0.39 is 15.8 Å². The molecule has 0 aliphatic carbocycles. The van der Waals surface area contributed by atoms with Crippen molar-refractivity contribution in [2.45, 2.75) is 25.2 Å². The van der Waals surface area contributed by atoms with E-state index in [1.807, 2.05) is 6.92 Å². The zero-order chi connectivity index (χ0) is 18.9. The van der Waals surface area contributed by atoms with Crippen LogP contribution in [0.1, 0.15) is 28.7 Å². The van der Waals surface area contributed by atoms with Crippen molar-refractivity contribution in [3.8, 4) is 0 Å². The van der Waals surface area contributed by atoms with Crippen LogP contribution in [0, 0.1) is 12.7 Å². The first kappa shape index (κ1) is 18.5. The lowest BCUT2D eigenvalue weighted by atomic mass is 10.1. The van der Waals surface area contributed by atoms with Gasteiger partial charge in [-0.05, 0) is 25.5 Å². The minimum atomic E-state index is -3.93. The van der Waals surface area contributed by atoms with Crippen LogP contribution in [0.4, 0.5) is 4.39 Å². The maximum Gasteiger partial charge on any atom is 0.259 e. The summed E-state index contributed by atoms with van der Waals surface area (Å²) >= 11 is 0. The molecule has 26 heavy (non-hydrogen) atoms. The number of aryl methyl sites for hydroxylation is 2. The number of nitrogens with zero attached hydrogens (tertiary/aromatic N) is 3. The lowest BCUT2D eigenvalue weighted by Crippen LogP contribution is -2.50. The van der Waals surface area contributed by atoms with Crippen LogP contribution in [0.15, 0.2) is 33.7 Å². The Morgan fingerprint density at radius 2 is 1.88 bits per heavy atom. The molecular weight excluding hydrogens is 361 g/mol. The lowest BCUT2D eigenvalue weighted by molar-refractivity contribution is 0.0695. The van der Waals surface area contributed by atoms with E-state index in [1.54, 1.807) is 11.8 Å². The fourth-order valence-electron chi connectivity index (χ4n) is 3.02. The lowest BCUT2D eigenvalue weighted by Gasteiger charge is -2.34. The van der Waals surface area contributed by atoms with Gasteiger partial charge < -0.3 is 9.42 Å². The molecule has 1 saturated heterocycles. The van der Waals surface area contributed by atoms with Crippen LogP contribution < -0.4 is 0 Å². The quantitative estimate of drug-likeness (QED) is 0.807. The van der Waals surface area contributed by atoms with Gasteiger partial charge >= 0.3 is 0 Å². The molecule has 140 valence electrons. The topological polar surface area (TPSA) is 83.7 Å². The first-order valence-corrected chi connectivity index (χ1v) is 9.79. The Hall–Kier alpha value is -2.26. The van der Waals surface area contributed by atoms with Crippen molar-refractivity contribution in [3.63, 3.8) is 0 Å². The second-order valence-electron chi connectivity index (χ2n) is 6.04. The molecule has 1 aliphatic heterocycles. The molecule has 0 spiro atoms. The maximum atomic E-state index is 13.9. The molecule has 1 aromatic carbocycles. The largest absolute Gasteiger partial charge is 0.361 e. The van der Waals surface area contributed by atoms with Crippen LogP contribution in [0.3, 0.4) is 0 Å². The normalized spacial score (nSPS) is 16.0. The van der Waals surface area contributed by atoms with Crippen molar-refractivity contribution >= 4 is 15.9 Å². The molecule has 3 rings (SSSR count). The molecule has 1 amide bonds. The van der Waals surface area contributed by atoms with Crippen molar-refractivity contribution < 1.29 is 22.1 Å². The van der Waals surface area contributed by atoms with Gasteiger partial charge in [-0.15, -0.1) is 0 Å². The molecule has 7 nitrogen and oxygen atoms in total. The van der Waals surface area contributed by atoms with E-state index in [0.29, 0.717) is 23.4 Å². The van der Waals surface area contributed by atoms with Gasteiger partial charge in [0.05, 0.1) is 5.69 Å². The Labute approximate surface area is 151 Å².